The number of hydrogen-bond donors (Lipinski definition) is 1. The highest BCUT2D eigenvalue weighted by Crippen LogP contribution is 2.30. The monoisotopic (exact) mass is 264 g/mol. The third kappa shape index (κ3) is 4.75. The summed E-state index contributed by atoms with van der Waals surface area (Å²) in [4.78, 5) is 4.16. The van der Waals surface area contributed by atoms with E-state index in [-0.39, 0.29) is 12.1 Å². The van der Waals surface area contributed by atoms with Crippen molar-refractivity contribution in [2.24, 2.45) is 5.41 Å². The number of aliphatic hydroxyl groups is 1. The Kier molecular flexibility index (Phi) is 6.16. The Labute approximate surface area is 117 Å². The Morgan fingerprint density at radius 2 is 1.89 bits per heavy atom. The largest absolute Gasteiger partial charge is 0.376 e. The molecule has 19 heavy (non-hydrogen) atoms. The molecule has 1 heterocycles. The highest BCUT2D eigenvalue weighted by molar-refractivity contribution is 5.25. The quantitative estimate of drug-likeness (QED) is 0.747. The zero-order valence-corrected chi connectivity index (χ0v) is 12.8. The van der Waals surface area contributed by atoms with E-state index in [1.165, 1.54) is 5.57 Å². The minimum Gasteiger partial charge on any atom is -0.376 e. The molecule has 1 N–H and O–H groups in total. The number of allylic oxidation sites excluding steroid dienone is 3. The van der Waals surface area contributed by atoms with E-state index in [1.807, 2.05) is 17.3 Å². The molecule has 0 aliphatic carbocycles. The molecule has 0 radical (unpaired) electrons. The predicted octanol–water partition coefficient (Wildman–Crippen LogP) is 2.96. The van der Waals surface area contributed by atoms with Gasteiger partial charge in [-0.2, -0.15) is 0 Å². The van der Waals surface area contributed by atoms with Crippen LogP contribution in [0.5, 0.6) is 0 Å². The molecule has 1 aliphatic heterocycles. The van der Waals surface area contributed by atoms with Crippen molar-refractivity contribution in [2.45, 2.75) is 34.1 Å². The van der Waals surface area contributed by atoms with Crippen molar-refractivity contribution in [2.75, 3.05) is 26.4 Å². The summed E-state index contributed by atoms with van der Waals surface area (Å²) in [5, 5.41) is 9.01. The Hall–Kier alpha value is -1.22. The summed E-state index contributed by atoms with van der Waals surface area (Å²) in [5.74, 6) is 0. The van der Waals surface area contributed by atoms with E-state index < -0.39 is 0 Å². The lowest BCUT2D eigenvalue weighted by Gasteiger charge is -2.29. The standard InChI is InChI=1S/C16H28N2O/c1-5-15(16(3,4)6-2)8-7-9-17-10-12-18(14-19)13-11-17/h5,7-8,10,12,19H,6,9,11,13-14H2,1-4H3/b8-7-,15-5+. The van der Waals surface area contributed by atoms with Gasteiger partial charge in [-0.05, 0) is 24.3 Å². The van der Waals surface area contributed by atoms with Crippen LogP contribution < -0.4 is 0 Å². The van der Waals surface area contributed by atoms with Crippen molar-refractivity contribution < 1.29 is 5.11 Å². The van der Waals surface area contributed by atoms with E-state index >= 15 is 0 Å². The molecule has 0 atom stereocenters. The Morgan fingerprint density at radius 1 is 1.26 bits per heavy atom. The fourth-order valence-corrected chi connectivity index (χ4v) is 2.10. The van der Waals surface area contributed by atoms with Gasteiger partial charge in [-0.1, -0.05) is 39.0 Å². The predicted molar refractivity (Wildman–Crippen MR) is 81.5 cm³/mol. The topological polar surface area (TPSA) is 26.7 Å². The van der Waals surface area contributed by atoms with Gasteiger partial charge in [0, 0.05) is 32.0 Å². The summed E-state index contributed by atoms with van der Waals surface area (Å²) in [7, 11) is 0. The van der Waals surface area contributed by atoms with Crippen molar-refractivity contribution in [1.29, 1.82) is 0 Å². The van der Waals surface area contributed by atoms with Crippen LogP contribution >= 0.6 is 0 Å². The van der Waals surface area contributed by atoms with Crippen LogP contribution in [0, 0.1) is 5.41 Å². The number of rotatable bonds is 6. The van der Waals surface area contributed by atoms with Gasteiger partial charge in [0.1, 0.15) is 6.73 Å². The minimum absolute atomic E-state index is 0.105. The summed E-state index contributed by atoms with van der Waals surface area (Å²) in [6.45, 7) is 11.8. The zero-order chi connectivity index (χ0) is 14.3. The fourth-order valence-electron chi connectivity index (χ4n) is 2.10. The van der Waals surface area contributed by atoms with Gasteiger partial charge in [0.05, 0.1) is 0 Å². The summed E-state index contributed by atoms with van der Waals surface area (Å²) < 4.78 is 0. The molecule has 0 aromatic carbocycles. The lowest BCUT2D eigenvalue weighted by Crippen LogP contribution is -2.35. The molecule has 0 fully saturated rings. The number of aliphatic hydroxyl groups excluding tert-OH is 1. The average molecular weight is 264 g/mol. The first kappa shape index (κ1) is 15.8. The molecule has 0 aromatic heterocycles. The molecule has 0 bridgehead atoms. The van der Waals surface area contributed by atoms with Gasteiger partial charge in [0.2, 0.25) is 0 Å². The van der Waals surface area contributed by atoms with E-state index in [1.54, 1.807) is 0 Å². The highest BCUT2D eigenvalue weighted by atomic mass is 16.3. The van der Waals surface area contributed by atoms with Crippen LogP contribution in [0.15, 0.2) is 36.2 Å². The van der Waals surface area contributed by atoms with E-state index in [0.717, 1.165) is 26.1 Å². The second-order valence-electron chi connectivity index (χ2n) is 5.63. The third-order valence-corrected chi connectivity index (χ3v) is 3.96. The summed E-state index contributed by atoms with van der Waals surface area (Å²) in [5.41, 5.74) is 1.64. The van der Waals surface area contributed by atoms with E-state index in [0.29, 0.717) is 0 Å². The third-order valence-electron chi connectivity index (χ3n) is 3.96. The van der Waals surface area contributed by atoms with Crippen LogP contribution in [0.25, 0.3) is 0 Å². The minimum atomic E-state index is 0.105. The van der Waals surface area contributed by atoms with Gasteiger partial charge >= 0.3 is 0 Å². The van der Waals surface area contributed by atoms with Gasteiger partial charge in [0.25, 0.3) is 0 Å². The molecule has 0 saturated carbocycles. The first-order valence-electron chi connectivity index (χ1n) is 7.14. The second kappa shape index (κ2) is 7.39. The van der Waals surface area contributed by atoms with E-state index in [2.05, 4.69) is 50.8 Å². The molecule has 1 aliphatic rings. The maximum atomic E-state index is 9.01. The van der Waals surface area contributed by atoms with Crippen molar-refractivity contribution >= 4 is 0 Å². The molecule has 0 aromatic rings. The van der Waals surface area contributed by atoms with Crippen LogP contribution in [0.2, 0.25) is 0 Å². The van der Waals surface area contributed by atoms with Crippen molar-refractivity contribution in [3.63, 3.8) is 0 Å². The SMILES string of the molecule is C/C=C(\C=C/CN1C=CN(CO)CC1)C(C)(C)CC. The lowest BCUT2D eigenvalue weighted by atomic mass is 9.81. The van der Waals surface area contributed by atoms with Crippen LogP contribution in [0.4, 0.5) is 0 Å². The lowest BCUT2D eigenvalue weighted by molar-refractivity contribution is 0.131. The van der Waals surface area contributed by atoms with Gasteiger partial charge < -0.3 is 14.9 Å². The molecule has 0 spiro atoms. The van der Waals surface area contributed by atoms with Gasteiger partial charge in [0.15, 0.2) is 0 Å². The maximum Gasteiger partial charge on any atom is 0.115 e. The number of hydrogen-bond acceptors (Lipinski definition) is 3. The normalized spacial score (nSPS) is 17.6. The Bertz CT molecular complexity index is 356. The van der Waals surface area contributed by atoms with Crippen LogP contribution in [-0.4, -0.2) is 41.3 Å². The van der Waals surface area contributed by atoms with Crippen molar-refractivity contribution in [3.8, 4) is 0 Å². The van der Waals surface area contributed by atoms with Crippen LogP contribution in [-0.2, 0) is 0 Å². The molecule has 108 valence electrons. The van der Waals surface area contributed by atoms with Gasteiger partial charge in [-0.15, -0.1) is 0 Å². The van der Waals surface area contributed by atoms with Crippen molar-refractivity contribution in [3.05, 3.63) is 36.2 Å². The van der Waals surface area contributed by atoms with Gasteiger partial charge in [-0.25, -0.2) is 0 Å². The smallest absolute Gasteiger partial charge is 0.115 e. The molecule has 0 amide bonds. The average Bonchev–Trinajstić information content (AvgIpc) is 2.44. The highest BCUT2D eigenvalue weighted by Gasteiger charge is 2.17. The Balaban J connectivity index is 2.50. The molecule has 1 rings (SSSR count). The van der Waals surface area contributed by atoms with Crippen LogP contribution in [0.3, 0.4) is 0 Å². The van der Waals surface area contributed by atoms with Crippen molar-refractivity contribution in [1.82, 2.24) is 9.80 Å². The van der Waals surface area contributed by atoms with Gasteiger partial charge in [-0.3, -0.25) is 0 Å². The molecule has 0 unspecified atom stereocenters. The first-order chi connectivity index (χ1) is 9.03. The summed E-state index contributed by atoms with van der Waals surface area (Å²) >= 11 is 0. The number of nitrogens with zero attached hydrogens (tertiary/aromatic N) is 2. The molecule has 0 saturated heterocycles. The molecule has 3 heteroatoms. The zero-order valence-electron chi connectivity index (χ0n) is 12.8. The van der Waals surface area contributed by atoms with E-state index in [9.17, 15) is 0 Å². The first-order valence-corrected chi connectivity index (χ1v) is 7.14. The summed E-state index contributed by atoms with van der Waals surface area (Å²) in [6, 6.07) is 0. The molecule has 3 nitrogen and oxygen atoms in total. The molecular formula is C16H28N2O. The maximum absolute atomic E-state index is 9.01. The van der Waals surface area contributed by atoms with E-state index in [4.69, 9.17) is 5.11 Å². The van der Waals surface area contributed by atoms with Crippen LogP contribution in [0.1, 0.15) is 34.1 Å². The second-order valence-corrected chi connectivity index (χ2v) is 5.63. The Morgan fingerprint density at radius 3 is 2.37 bits per heavy atom. The summed E-state index contributed by atoms with van der Waals surface area (Å²) in [6.07, 6.45) is 11.8. The molecular weight excluding hydrogens is 236 g/mol. The fraction of sp³-hybridized carbons (Fsp3) is 0.625.